The van der Waals surface area contributed by atoms with Gasteiger partial charge in [-0.15, -0.1) is 0 Å². The number of pyridine rings is 1. The van der Waals surface area contributed by atoms with Gasteiger partial charge in [0.1, 0.15) is 5.75 Å². The first-order chi connectivity index (χ1) is 8.24. The van der Waals surface area contributed by atoms with E-state index in [-0.39, 0.29) is 6.04 Å². The van der Waals surface area contributed by atoms with Gasteiger partial charge in [-0.2, -0.15) is 0 Å². The first kappa shape index (κ1) is 11.6. The Hall–Kier alpha value is -1.87. The lowest BCUT2D eigenvalue weighted by molar-refractivity contribution is 0.408. The molecule has 1 heterocycles. The van der Waals surface area contributed by atoms with Crippen LogP contribution in [-0.2, 0) is 0 Å². The summed E-state index contributed by atoms with van der Waals surface area (Å²) >= 11 is 0. The van der Waals surface area contributed by atoms with Crippen molar-refractivity contribution in [1.29, 1.82) is 0 Å². The molecule has 1 unspecified atom stereocenters. The van der Waals surface area contributed by atoms with Gasteiger partial charge in [-0.25, -0.2) is 0 Å². The Labute approximate surface area is 101 Å². The lowest BCUT2D eigenvalue weighted by atomic mass is 9.96. The molecule has 0 aliphatic carbocycles. The molecule has 3 nitrogen and oxygen atoms in total. The van der Waals surface area contributed by atoms with Gasteiger partial charge >= 0.3 is 0 Å². The van der Waals surface area contributed by atoms with E-state index >= 15 is 0 Å². The third-order valence-electron chi connectivity index (χ3n) is 2.87. The van der Waals surface area contributed by atoms with Crippen LogP contribution in [0.3, 0.4) is 0 Å². The van der Waals surface area contributed by atoms with Crippen LogP contribution in [-0.4, -0.2) is 12.1 Å². The third-order valence-corrected chi connectivity index (χ3v) is 2.87. The molecular formula is C14H16N2O. The van der Waals surface area contributed by atoms with Gasteiger partial charge in [-0.1, -0.05) is 18.2 Å². The molecule has 0 spiro atoms. The molecule has 2 rings (SSSR count). The fourth-order valence-corrected chi connectivity index (χ4v) is 1.92. The second kappa shape index (κ2) is 4.97. The summed E-state index contributed by atoms with van der Waals surface area (Å²) in [5.41, 5.74) is 9.44. The van der Waals surface area contributed by atoms with Crippen molar-refractivity contribution in [2.45, 2.75) is 13.0 Å². The van der Waals surface area contributed by atoms with E-state index in [0.29, 0.717) is 0 Å². The van der Waals surface area contributed by atoms with Crippen molar-refractivity contribution in [3.63, 3.8) is 0 Å². The molecule has 0 aliphatic heterocycles. The number of hydrogen-bond donors (Lipinski definition) is 1. The van der Waals surface area contributed by atoms with Crippen molar-refractivity contribution in [2.75, 3.05) is 7.11 Å². The van der Waals surface area contributed by atoms with Crippen LogP contribution in [0, 0.1) is 6.92 Å². The first-order valence-electron chi connectivity index (χ1n) is 5.53. The van der Waals surface area contributed by atoms with Crippen LogP contribution >= 0.6 is 0 Å². The standard InChI is InChI=1S/C14H16N2O/c1-10-9-16-8-7-11(10)14(15)12-5-3-4-6-13(12)17-2/h3-9,14H,15H2,1-2H3. The average Bonchev–Trinajstić information content (AvgIpc) is 2.38. The van der Waals surface area contributed by atoms with Crippen LogP contribution < -0.4 is 10.5 Å². The van der Waals surface area contributed by atoms with E-state index in [4.69, 9.17) is 10.5 Å². The molecule has 0 saturated carbocycles. The van der Waals surface area contributed by atoms with E-state index in [1.807, 2.05) is 43.5 Å². The van der Waals surface area contributed by atoms with Crippen molar-refractivity contribution in [2.24, 2.45) is 5.73 Å². The van der Waals surface area contributed by atoms with Gasteiger partial charge in [-0.3, -0.25) is 4.98 Å². The zero-order chi connectivity index (χ0) is 12.3. The van der Waals surface area contributed by atoms with Crippen molar-refractivity contribution in [3.8, 4) is 5.75 Å². The molecule has 3 heteroatoms. The zero-order valence-corrected chi connectivity index (χ0v) is 10.1. The predicted octanol–water partition coefficient (Wildman–Crippen LogP) is 2.45. The highest BCUT2D eigenvalue weighted by atomic mass is 16.5. The Morgan fingerprint density at radius 1 is 1.18 bits per heavy atom. The van der Waals surface area contributed by atoms with Crippen molar-refractivity contribution >= 4 is 0 Å². The summed E-state index contributed by atoms with van der Waals surface area (Å²) in [6, 6.07) is 9.58. The number of hydrogen-bond acceptors (Lipinski definition) is 3. The van der Waals surface area contributed by atoms with Crippen LogP contribution in [0.2, 0.25) is 0 Å². The largest absolute Gasteiger partial charge is 0.496 e. The van der Waals surface area contributed by atoms with Crippen molar-refractivity contribution in [3.05, 3.63) is 59.4 Å². The predicted molar refractivity (Wildman–Crippen MR) is 68.0 cm³/mol. The van der Waals surface area contributed by atoms with Crippen molar-refractivity contribution < 1.29 is 4.74 Å². The lowest BCUT2D eigenvalue weighted by Crippen LogP contribution is -2.14. The molecule has 0 bridgehead atoms. The van der Waals surface area contributed by atoms with Gasteiger partial charge in [-0.05, 0) is 30.2 Å². The second-order valence-electron chi connectivity index (χ2n) is 3.95. The highest BCUT2D eigenvalue weighted by Crippen LogP contribution is 2.28. The third kappa shape index (κ3) is 2.29. The highest BCUT2D eigenvalue weighted by molar-refractivity contribution is 5.42. The number of aryl methyl sites for hydroxylation is 1. The van der Waals surface area contributed by atoms with Gasteiger partial charge in [0.2, 0.25) is 0 Å². The maximum Gasteiger partial charge on any atom is 0.123 e. The molecule has 0 radical (unpaired) electrons. The summed E-state index contributed by atoms with van der Waals surface area (Å²) in [7, 11) is 1.66. The fraction of sp³-hybridized carbons (Fsp3) is 0.214. The normalized spacial score (nSPS) is 12.2. The second-order valence-corrected chi connectivity index (χ2v) is 3.95. The molecular weight excluding hydrogens is 212 g/mol. The number of rotatable bonds is 3. The Morgan fingerprint density at radius 2 is 1.94 bits per heavy atom. The summed E-state index contributed by atoms with van der Waals surface area (Å²) in [5, 5.41) is 0. The summed E-state index contributed by atoms with van der Waals surface area (Å²) in [6.45, 7) is 2.01. The van der Waals surface area contributed by atoms with Crippen molar-refractivity contribution in [1.82, 2.24) is 4.98 Å². The SMILES string of the molecule is COc1ccccc1C(N)c1ccncc1C. The molecule has 0 fully saturated rings. The van der Waals surface area contributed by atoms with Crippen LogP contribution in [0.4, 0.5) is 0 Å². The van der Waals surface area contributed by atoms with Gasteiger partial charge in [0.15, 0.2) is 0 Å². The van der Waals surface area contributed by atoms with E-state index in [9.17, 15) is 0 Å². The number of nitrogens with two attached hydrogens (primary N) is 1. The van der Waals surface area contributed by atoms with Crippen LogP contribution in [0.25, 0.3) is 0 Å². The molecule has 1 aromatic heterocycles. The van der Waals surface area contributed by atoms with E-state index in [2.05, 4.69) is 4.98 Å². The Bertz CT molecular complexity index is 511. The Balaban J connectivity index is 2.44. The molecule has 1 aromatic carbocycles. The van der Waals surface area contributed by atoms with E-state index in [0.717, 1.165) is 22.4 Å². The topological polar surface area (TPSA) is 48.1 Å². The highest BCUT2D eigenvalue weighted by Gasteiger charge is 2.14. The number of nitrogens with zero attached hydrogens (tertiary/aromatic N) is 1. The Morgan fingerprint density at radius 3 is 2.65 bits per heavy atom. The van der Waals surface area contributed by atoms with Crippen LogP contribution in [0.15, 0.2) is 42.7 Å². The lowest BCUT2D eigenvalue weighted by Gasteiger charge is -2.17. The molecule has 2 N–H and O–H groups in total. The number of benzene rings is 1. The monoisotopic (exact) mass is 228 g/mol. The van der Waals surface area contributed by atoms with Gasteiger partial charge in [0.05, 0.1) is 13.2 Å². The van der Waals surface area contributed by atoms with E-state index in [1.165, 1.54) is 0 Å². The van der Waals surface area contributed by atoms with Gasteiger partial charge < -0.3 is 10.5 Å². The van der Waals surface area contributed by atoms with E-state index < -0.39 is 0 Å². The molecule has 0 aliphatic rings. The van der Waals surface area contributed by atoms with Gasteiger partial charge in [0, 0.05) is 18.0 Å². The number of methoxy groups -OCH3 is 1. The minimum Gasteiger partial charge on any atom is -0.496 e. The minimum absolute atomic E-state index is 0.186. The summed E-state index contributed by atoms with van der Waals surface area (Å²) in [4.78, 5) is 4.08. The Kier molecular flexibility index (Phi) is 3.40. The summed E-state index contributed by atoms with van der Waals surface area (Å²) in [6.07, 6.45) is 3.59. The molecule has 88 valence electrons. The maximum atomic E-state index is 6.29. The number of para-hydroxylation sites is 1. The molecule has 2 aromatic rings. The zero-order valence-electron chi connectivity index (χ0n) is 10.1. The fourth-order valence-electron chi connectivity index (χ4n) is 1.92. The number of ether oxygens (including phenoxy) is 1. The summed E-state index contributed by atoms with van der Waals surface area (Å²) < 4.78 is 5.33. The van der Waals surface area contributed by atoms with Crippen LogP contribution in [0.5, 0.6) is 5.75 Å². The first-order valence-corrected chi connectivity index (χ1v) is 5.53. The molecule has 1 atom stereocenters. The molecule has 17 heavy (non-hydrogen) atoms. The van der Waals surface area contributed by atoms with Gasteiger partial charge in [0.25, 0.3) is 0 Å². The van der Waals surface area contributed by atoms with E-state index in [1.54, 1.807) is 13.3 Å². The minimum atomic E-state index is -0.186. The molecule has 0 saturated heterocycles. The maximum absolute atomic E-state index is 6.29. The smallest absolute Gasteiger partial charge is 0.123 e. The summed E-state index contributed by atoms with van der Waals surface area (Å²) in [5.74, 6) is 0.816. The quantitative estimate of drug-likeness (QED) is 0.877. The number of aromatic nitrogens is 1. The molecule has 0 amide bonds. The van der Waals surface area contributed by atoms with Crippen LogP contribution in [0.1, 0.15) is 22.7 Å². The average molecular weight is 228 g/mol.